The van der Waals surface area contributed by atoms with Crippen molar-refractivity contribution in [2.24, 2.45) is 0 Å². The highest BCUT2D eigenvalue weighted by Crippen LogP contribution is 2.18. The summed E-state index contributed by atoms with van der Waals surface area (Å²) in [5.74, 6) is 0.207. The van der Waals surface area contributed by atoms with Crippen LogP contribution >= 0.6 is 0 Å². The Bertz CT molecular complexity index is 467. The number of nitrogens with zero attached hydrogens (tertiary/aromatic N) is 2. The van der Waals surface area contributed by atoms with Gasteiger partial charge < -0.3 is 14.7 Å². The van der Waals surface area contributed by atoms with E-state index < -0.39 is 9.84 Å². The van der Waals surface area contributed by atoms with E-state index in [9.17, 15) is 13.2 Å². The van der Waals surface area contributed by atoms with E-state index in [1.54, 1.807) is 4.90 Å². The summed E-state index contributed by atoms with van der Waals surface area (Å²) in [4.78, 5) is 16.1. The Balaban J connectivity index is 1.91. The van der Waals surface area contributed by atoms with Gasteiger partial charge in [-0.2, -0.15) is 0 Å². The summed E-state index contributed by atoms with van der Waals surface area (Å²) in [6.45, 7) is 4.28. The molecule has 1 N–H and O–H groups in total. The third-order valence-corrected chi connectivity index (χ3v) is 5.85. The molecular formula is C13H24N2O5S. The number of hydrogen-bond donors (Lipinski definition) is 1. The second-order valence-corrected chi connectivity index (χ2v) is 7.88. The molecule has 0 bridgehead atoms. The second-order valence-electron chi connectivity index (χ2n) is 5.65. The maximum absolute atomic E-state index is 12.4. The van der Waals surface area contributed by atoms with Crippen molar-refractivity contribution in [2.75, 3.05) is 50.9 Å². The molecule has 1 amide bonds. The molecule has 2 rings (SSSR count). The van der Waals surface area contributed by atoms with Gasteiger partial charge in [0.2, 0.25) is 5.91 Å². The molecule has 2 saturated heterocycles. The van der Waals surface area contributed by atoms with Gasteiger partial charge in [0.25, 0.3) is 0 Å². The smallest absolute Gasteiger partial charge is 0.237 e. The Morgan fingerprint density at radius 2 is 2.24 bits per heavy atom. The average molecular weight is 320 g/mol. The highest BCUT2D eigenvalue weighted by atomic mass is 32.2. The molecule has 2 aliphatic heterocycles. The highest BCUT2D eigenvalue weighted by molar-refractivity contribution is 7.91. The summed E-state index contributed by atoms with van der Waals surface area (Å²) >= 11 is 0. The minimum Gasteiger partial charge on any atom is -0.394 e. The summed E-state index contributed by atoms with van der Waals surface area (Å²) < 4.78 is 28.5. The molecule has 122 valence electrons. The van der Waals surface area contributed by atoms with Crippen LogP contribution in [0.2, 0.25) is 0 Å². The largest absolute Gasteiger partial charge is 0.394 e. The van der Waals surface area contributed by atoms with Gasteiger partial charge in [-0.1, -0.05) is 0 Å². The fraction of sp³-hybridized carbons (Fsp3) is 0.923. The Morgan fingerprint density at radius 3 is 2.81 bits per heavy atom. The van der Waals surface area contributed by atoms with Crippen molar-refractivity contribution in [1.82, 2.24) is 9.80 Å². The first-order chi connectivity index (χ1) is 9.95. The van der Waals surface area contributed by atoms with Crippen molar-refractivity contribution >= 4 is 15.7 Å². The molecule has 21 heavy (non-hydrogen) atoms. The molecule has 0 aliphatic carbocycles. The van der Waals surface area contributed by atoms with E-state index in [2.05, 4.69) is 0 Å². The molecule has 0 aromatic heterocycles. The van der Waals surface area contributed by atoms with Gasteiger partial charge in [-0.15, -0.1) is 0 Å². The normalized spacial score (nSPS) is 29.4. The van der Waals surface area contributed by atoms with Crippen LogP contribution in [0.4, 0.5) is 0 Å². The van der Waals surface area contributed by atoms with Crippen LogP contribution in [-0.4, -0.2) is 92.3 Å². The van der Waals surface area contributed by atoms with E-state index in [4.69, 9.17) is 9.84 Å². The first kappa shape index (κ1) is 16.7. The van der Waals surface area contributed by atoms with Crippen molar-refractivity contribution in [3.63, 3.8) is 0 Å². The number of sulfone groups is 1. The van der Waals surface area contributed by atoms with Gasteiger partial charge in [0, 0.05) is 25.7 Å². The molecule has 2 heterocycles. The SMILES string of the molecule is CCN(C(=O)CN1CCOC(CO)C1)C1CCS(=O)(=O)C1. The number of morpholine rings is 1. The Kier molecular flexibility index (Phi) is 5.59. The van der Waals surface area contributed by atoms with Crippen LogP contribution in [0, 0.1) is 0 Å². The fourth-order valence-corrected chi connectivity index (χ4v) is 4.71. The Morgan fingerprint density at radius 1 is 1.48 bits per heavy atom. The lowest BCUT2D eigenvalue weighted by Crippen LogP contribution is -2.50. The maximum Gasteiger partial charge on any atom is 0.237 e. The van der Waals surface area contributed by atoms with E-state index in [1.807, 2.05) is 11.8 Å². The average Bonchev–Trinajstić information content (AvgIpc) is 2.80. The molecule has 8 heteroatoms. The van der Waals surface area contributed by atoms with E-state index in [1.165, 1.54) is 0 Å². The molecule has 0 saturated carbocycles. The number of rotatable bonds is 5. The molecule has 0 aromatic carbocycles. The van der Waals surface area contributed by atoms with Crippen molar-refractivity contribution in [3.05, 3.63) is 0 Å². The lowest BCUT2D eigenvalue weighted by molar-refractivity contribution is -0.136. The van der Waals surface area contributed by atoms with Crippen LogP contribution in [0.3, 0.4) is 0 Å². The zero-order valence-electron chi connectivity index (χ0n) is 12.4. The molecule has 2 fully saturated rings. The number of carbonyl (C=O) groups is 1. The second kappa shape index (κ2) is 7.04. The van der Waals surface area contributed by atoms with Gasteiger partial charge in [-0.3, -0.25) is 9.69 Å². The third-order valence-electron chi connectivity index (χ3n) is 4.10. The summed E-state index contributed by atoms with van der Waals surface area (Å²) in [7, 11) is -2.99. The number of hydrogen-bond acceptors (Lipinski definition) is 6. The van der Waals surface area contributed by atoms with Gasteiger partial charge in [0.05, 0.1) is 37.4 Å². The summed E-state index contributed by atoms with van der Waals surface area (Å²) in [6.07, 6.45) is 0.290. The van der Waals surface area contributed by atoms with Crippen LogP contribution < -0.4 is 0 Å². The zero-order valence-corrected chi connectivity index (χ0v) is 13.2. The summed E-state index contributed by atoms with van der Waals surface area (Å²) in [5, 5.41) is 9.11. The maximum atomic E-state index is 12.4. The summed E-state index contributed by atoms with van der Waals surface area (Å²) in [6, 6.07) is -0.192. The van der Waals surface area contributed by atoms with E-state index >= 15 is 0 Å². The molecular weight excluding hydrogens is 296 g/mol. The van der Waals surface area contributed by atoms with Crippen LogP contribution in [0.1, 0.15) is 13.3 Å². The molecule has 2 unspecified atom stereocenters. The van der Waals surface area contributed by atoms with Crippen molar-refractivity contribution < 1.29 is 23.1 Å². The van der Waals surface area contributed by atoms with Gasteiger partial charge in [-0.25, -0.2) is 8.42 Å². The molecule has 7 nitrogen and oxygen atoms in total. The van der Waals surface area contributed by atoms with Crippen molar-refractivity contribution in [3.8, 4) is 0 Å². The quantitative estimate of drug-likeness (QED) is 0.679. The van der Waals surface area contributed by atoms with Crippen LogP contribution in [0.25, 0.3) is 0 Å². The Hall–Kier alpha value is -0.700. The monoisotopic (exact) mass is 320 g/mol. The lowest BCUT2D eigenvalue weighted by atomic mass is 10.2. The van der Waals surface area contributed by atoms with Crippen LogP contribution in [0.5, 0.6) is 0 Å². The summed E-state index contributed by atoms with van der Waals surface area (Å²) in [5.41, 5.74) is 0. The Labute approximate surface area is 125 Å². The third kappa shape index (κ3) is 4.38. The van der Waals surface area contributed by atoms with Crippen molar-refractivity contribution in [2.45, 2.75) is 25.5 Å². The number of amides is 1. The fourth-order valence-electron chi connectivity index (χ4n) is 2.98. The van der Waals surface area contributed by atoms with Crippen LogP contribution in [-0.2, 0) is 19.4 Å². The molecule has 0 radical (unpaired) electrons. The van der Waals surface area contributed by atoms with E-state index in [0.29, 0.717) is 32.7 Å². The zero-order chi connectivity index (χ0) is 15.5. The highest BCUT2D eigenvalue weighted by Gasteiger charge is 2.34. The number of ether oxygens (including phenoxy) is 1. The minimum absolute atomic E-state index is 0.0433. The molecule has 2 atom stereocenters. The van der Waals surface area contributed by atoms with Crippen molar-refractivity contribution in [1.29, 1.82) is 0 Å². The first-order valence-corrected chi connectivity index (χ1v) is 9.22. The van der Waals surface area contributed by atoms with E-state index in [-0.39, 0.29) is 42.7 Å². The first-order valence-electron chi connectivity index (χ1n) is 7.40. The number of likely N-dealkylation sites (N-methyl/N-ethyl adjacent to an activating group) is 1. The lowest BCUT2D eigenvalue weighted by Gasteiger charge is -2.34. The van der Waals surface area contributed by atoms with Gasteiger partial charge in [-0.05, 0) is 13.3 Å². The predicted molar refractivity (Wildman–Crippen MR) is 77.7 cm³/mol. The predicted octanol–water partition coefficient (Wildman–Crippen LogP) is -1.28. The molecule has 2 aliphatic rings. The minimum atomic E-state index is -2.99. The number of aliphatic hydroxyl groups is 1. The number of aliphatic hydroxyl groups excluding tert-OH is 1. The topological polar surface area (TPSA) is 87.2 Å². The standard InChI is InChI=1S/C13H24N2O5S/c1-2-15(11-3-6-21(18,19)10-11)13(17)8-14-4-5-20-12(7-14)9-16/h11-12,16H,2-10H2,1H3. The molecule has 0 aromatic rings. The number of carbonyl (C=O) groups excluding carboxylic acids is 1. The van der Waals surface area contributed by atoms with Gasteiger partial charge in [0.15, 0.2) is 9.84 Å². The van der Waals surface area contributed by atoms with E-state index in [0.717, 1.165) is 0 Å². The van der Waals surface area contributed by atoms with Crippen LogP contribution in [0.15, 0.2) is 0 Å². The molecule has 0 spiro atoms. The van der Waals surface area contributed by atoms with Gasteiger partial charge in [0.1, 0.15) is 0 Å². The van der Waals surface area contributed by atoms with Gasteiger partial charge >= 0.3 is 0 Å².